The summed E-state index contributed by atoms with van der Waals surface area (Å²) in [6.07, 6.45) is 0. The van der Waals surface area contributed by atoms with E-state index in [-0.39, 0.29) is 15.0 Å². The zero-order valence-corrected chi connectivity index (χ0v) is 26.9. The van der Waals surface area contributed by atoms with Crippen molar-refractivity contribution in [3.63, 3.8) is 0 Å². The normalized spacial score (nSPS) is 11.5. The molecule has 2 aliphatic heterocycles. The molecular weight excluding hydrogens is 704 g/mol. The average molecular weight is 722 g/mol. The van der Waals surface area contributed by atoms with Gasteiger partial charge in [-0.1, -0.05) is 97.1 Å². The van der Waals surface area contributed by atoms with E-state index in [1.165, 1.54) is 0 Å². The molecule has 11 heteroatoms. The van der Waals surface area contributed by atoms with Crippen LogP contribution in [0.1, 0.15) is 0 Å². The van der Waals surface area contributed by atoms with E-state index in [1.54, 1.807) is 0 Å². The summed E-state index contributed by atoms with van der Waals surface area (Å²) in [6.45, 7) is 0. The molecule has 0 saturated carbocycles. The molecule has 0 unspecified atom stereocenters. The number of aromatic amines is 2. The number of hydrogen-bond acceptors (Lipinski definition) is 6. The number of fused-ring (bicyclic) bond motifs is 20. The zero-order valence-electron chi connectivity index (χ0n) is 22.2. The largest absolute Gasteiger partial charge is 0.324 e. The summed E-state index contributed by atoms with van der Waals surface area (Å²) in [5, 5.41) is 3.82. The maximum Gasteiger partial charge on any atom is 0.164 e. The standard InChI is InChI=1S/C32H18N8.2BrH.Ti/c1-2-10-18-17(9-1)25-33-26(18)38-28-21-13-5-6-14-22(21)30(35-28)40-32-24-16-8-7-15-23(24)31(36-32)39-29-20-12-4-3-11-19(20)27(34-29)37-25;;;/h1-16H,(H2,33,34,35,36,37,38,39,40);2*1H;/q;;;+2/p-2. The van der Waals surface area contributed by atoms with Crippen molar-refractivity contribution in [2.75, 3.05) is 0 Å². The maximum atomic E-state index is 5.02. The van der Waals surface area contributed by atoms with Crippen LogP contribution >= 0.6 is 26.3 Å². The fourth-order valence-electron chi connectivity index (χ4n) is 5.59. The Morgan fingerprint density at radius 1 is 0.372 bits per heavy atom. The Kier molecular flexibility index (Phi) is 6.71. The molecule has 3 aromatic heterocycles. The van der Waals surface area contributed by atoms with Gasteiger partial charge in [0.1, 0.15) is 22.6 Å². The predicted molar refractivity (Wildman–Crippen MR) is 174 cm³/mol. The summed E-state index contributed by atoms with van der Waals surface area (Å²) in [5.41, 5.74) is 6.45. The van der Waals surface area contributed by atoms with Gasteiger partial charge in [0.25, 0.3) is 0 Å². The predicted octanol–water partition coefficient (Wildman–Crippen LogP) is 8.56. The van der Waals surface area contributed by atoms with Crippen LogP contribution in [0.15, 0.2) is 97.1 Å². The number of rotatable bonds is 0. The van der Waals surface area contributed by atoms with E-state index >= 15 is 0 Å². The van der Waals surface area contributed by atoms with Crippen molar-refractivity contribution in [1.82, 2.24) is 39.9 Å². The van der Waals surface area contributed by atoms with Crippen molar-refractivity contribution in [2.45, 2.75) is 0 Å². The zero-order chi connectivity index (χ0) is 28.9. The van der Waals surface area contributed by atoms with Crippen LogP contribution in [0.3, 0.4) is 0 Å². The molecule has 9 rings (SSSR count). The summed E-state index contributed by atoms with van der Waals surface area (Å²) in [5.74, 6) is 2.39. The Hall–Kier alpha value is -4.09. The third kappa shape index (κ3) is 4.53. The van der Waals surface area contributed by atoms with Crippen LogP contribution in [0.5, 0.6) is 0 Å². The van der Waals surface area contributed by atoms with Gasteiger partial charge in [0, 0.05) is 43.8 Å². The van der Waals surface area contributed by atoms with Crippen molar-refractivity contribution in [3.05, 3.63) is 97.1 Å². The Morgan fingerprint density at radius 2 is 0.605 bits per heavy atom. The van der Waals surface area contributed by atoms with Crippen LogP contribution in [0.2, 0.25) is 0 Å². The first kappa shape index (κ1) is 26.5. The van der Waals surface area contributed by atoms with Crippen LogP contribution in [0.25, 0.3) is 89.7 Å². The van der Waals surface area contributed by atoms with Crippen molar-refractivity contribution < 1.29 is 15.0 Å². The van der Waals surface area contributed by atoms with Crippen molar-refractivity contribution >= 4 is 70.5 Å². The van der Waals surface area contributed by atoms with Crippen LogP contribution in [-0.4, -0.2) is 39.9 Å². The Bertz CT molecular complexity index is 2060. The van der Waals surface area contributed by atoms with Gasteiger partial charge in [-0.3, -0.25) is 0 Å². The van der Waals surface area contributed by atoms with Gasteiger partial charge in [-0.05, 0) is 0 Å². The van der Waals surface area contributed by atoms with E-state index in [0.29, 0.717) is 45.9 Å². The van der Waals surface area contributed by atoms with Gasteiger partial charge in [-0.2, -0.15) is 0 Å². The number of nitrogens with one attached hydrogen (secondary N) is 2. The molecule has 0 amide bonds. The number of H-pyrrole nitrogens is 2. The van der Waals surface area contributed by atoms with Gasteiger partial charge in [0.15, 0.2) is 23.3 Å². The van der Waals surface area contributed by atoms with Crippen LogP contribution in [-0.2, 0) is 15.0 Å². The summed E-state index contributed by atoms with van der Waals surface area (Å²) < 4.78 is 0. The van der Waals surface area contributed by atoms with Gasteiger partial charge in [0.05, 0.1) is 0 Å². The summed E-state index contributed by atoms with van der Waals surface area (Å²) >= 11 is 6.50. The van der Waals surface area contributed by atoms with Crippen molar-refractivity contribution in [1.29, 1.82) is 0 Å². The molecule has 204 valence electrons. The van der Waals surface area contributed by atoms with E-state index in [2.05, 4.69) is 36.3 Å². The third-order valence-corrected chi connectivity index (χ3v) is 7.46. The molecule has 43 heavy (non-hydrogen) atoms. The average Bonchev–Trinajstić information content (AvgIpc) is 3.77. The van der Waals surface area contributed by atoms with Crippen LogP contribution in [0, 0.1) is 0 Å². The monoisotopic (exact) mass is 720 g/mol. The third-order valence-electron chi connectivity index (χ3n) is 7.46. The van der Waals surface area contributed by atoms with Crippen LogP contribution < -0.4 is 0 Å². The molecule has 0 atom stereocenters. The van der Waals surface area contributed by atoms with E-state index in [9.17, 15) is 0 Å². The molecule has 0 fully saturated rings. The fourth-order valence-corrected chi connectivity index (χ4v) is 5.59. The molecule has 0 radical (unpaired) electrons. The smallest absolute Gasteiger partial charge is 0.164 e. The summed E-state index contributed by atoms with van der Waals surface area (Å²) in [4.78, 5) is 36.8. The number of hydrogen-bond donors (Lipinski definition) is 2. The molecule has 2 aliphatic rings. The molecule has 0 aliphatic carbocycles. The van der Waals surface area contributed by atoms with E-state index < -0.39 is 0 Å². The minimum absolute atomic E-state index is 0.125. The SMILES string of the molecule is [Br][Ti][Br].c1ccc2c(c1)-c1nc-2nc2[nH]c(nc3nc(nc4[nH]c(n1)c1ccccc41)-c1ccccc1-3)c1ccccc21. The number of halogens is 2. The first-order chi connectivity index (χ1) is 21.2. The quantitative estimate of drug-likeness (QED) is 0.152. The van der Waals surface area contributed by atoms with E-state index in [4.69, 9.17) is 29.9 Å². The Labute approximate surface area is 266 Å². The topological polar surface area (TPSA) is 109 Å². The molecule has 5 heterocycles. The molecule has 7 aromatic rings. The van der Waals surface area contributed by atoms with E-state index in [0.717, 1.165) is 43.8 Å². The Morgan fingerprint density at radius 3 is 0.860 bits per heavy atom. The number of benzene rings is 4. The maximum absolute atomic E-state index is 5.02. The summed E-state index contributed by atoms with van der Waals surface area (Å²) in [7, 11) is 0. The minimum atomic E-state index is 0.125. The second kappa shape index (κ2) is 10.9. The summed E-state index contributed by atoms with van der Waals surface area (Å²) in [6, 6.07) is 32.2. The van der Waals surface area contributed by atoms with Gasteiger partial charge < -0.3 is 9.97 Å². The van der Waals surface area contributed by atoms with Crippen molar-refractivity contribution in [3.8, 4) is 45.6 Å². The molecule has 0 spiro atoms. The molecule has 2 N–H and O–H groups in total. The molecule has 4 aromatic carbocycles. The van der Waals surface area contributed by atoms with Crippen molar-refractivity contribution in [2.24, 2.45) is 0 Å². The first-order valence-electron chi connectivity index (χ1n) is 13.4. The number of nitrogens with zero attached hydrogens (tertiary/aromatic N) is 6. The van der Waals surface area contributed by atoms with Gasteiger partial charge in [-0.15, -0.1) is 0 Å². The van der Waals surface area contributed by atoms with Gasteiger partial charge >= 0.3 is 41.3 Å². The molecular formula is C32H18Br2N8Ti. The minimum Gasteiger partial charge on any atom is -0.324 e. The van der Waals surface area contributed by atoms with Gasteiger partial charge in [0.2, 0.25) is 0 Å². The molecule has 0 saturated heterocycles. The second-order valence-corrected chi connectivity index (χ2v) is 17.7. The number of aromatic nitrogens is 8. The van der Waals surface area contributed by atoms with E-state index in [1.807, 2.05) is 97.1 Å². The molecule has 8 nitrogen and oxygen atoms in total. The van der Waals surface area contributed by atoms with Crippen LogP contribution in [0.4, 0.5) is 0 Å². The fraction of sp³-hybridized carbons (Fsp3) is 0. The van der Waals surface area contributed by atoms with Gasteiger partial charge in [-0.25, -0.2) is 29.9 Å². The first-order valence-corrected chi connectivity index (χ1v) is 21.1. The molecule has 8 bridgehead atoms. The second-order valence-electron chi connectivity index (χ2n) is 9.86. The Balaban J connectivity index is 0.000000892.